The van der Waals surface area contributed by atoms with E-state index in [1.54, 1.807) is 16.2 Å². The third-order valence-corrected chi connectivity index (χ3v) is 5.15. The van der Waals surface area contributed by atoms with Gasteiger partial charge in [-0.15, -0.1) is 11.3 Å². The Morgan fingerprint density at radius 1 is 1.35 bits per heavy atom. The van der Waals surface area contributed by atoms with Gasteiger partial charge in [-0.25, -0.2) is 4.98 Å². The summed E-state index contributed by atoms with van der Waals surface area (Å²) < 4.78 is 0. The fourth-order valence-electron chi connectivity index (χ4n) is 3.07. The number of amides is 1. The Labute approximate surface area is 141 Å². The van der Waals surface area contributed by atoms with Gasteiger partial charge >= 0.3 is 0 Å². The number of carbonyl (C=O) groups is 1. The van der Waals surface area contributed by atoms with Gasteiger partial charge in [0.2, 0.25) is 5.91 Å². The zero-order chi connectivity index (χ0) is 16.2. The summed E-state index contributed by atoms with van der Waals surface area (Å²) in [4.78, 5) is 21.0. The molecule has 1 aliphatic heterocycles. The average Bonchev–Trinajstić information content (AvgIpc) is 3.17. The van der Waals surface area contributed by atoms with E-state index in [0.29, 0.717) is 0 Å². The predicted molar refractivity (Wildman–Crippen MR) is 93.5 cm³/mol. The Morgan fingerprint density at radius 2 is 2.13 bits per heavy atom. The van der Waals surface area contributed by atoms with Gasteiger partial charge in [-0.1, -0.05) is 30.3 Å². The number of hydrogen-bond donors (Lipinski definition) is 0. The monoisotopic (exact) mass is 329 g/mol. The van der Waals surface area contributed by atoms with E-state index in [4.69, 9.17) is 4.98 Å². The highest BCUT2D eigenvalue weighted by molar-refractivity contribution is 7.09. The van der Waals surface area contributed by atoms with Crippen LogP contribution in [0.4, 0.5) is 0 Å². The van der Waals surface area contributed by atoms with Crippen LogP contribution in [0.3, 0.4) is 0 Å². The Hall–Kier alpha value is -1.72. The third kappa shape index (κ3) is 3.98. The molecule has 0 saturated carbocycles. The van der Waals surface area contributed by atoms with Crippen LogP contribution < -0.4 is 0 Å². The second-order valence-electron chi connectivity index (χ2n) is 6.26. The van der Waals surface area contributed by atoms with E-state index in [-0.39, 0.29) is 11.9 Å². The first-order chi connectivity index (χ1) is 11.1. The lowest BCUT2D eigenvalue weighted by Crippen LogP contribution is -2.42. The fraction of sp³-hybridized carbons (Fsp3) is 0.444. The highest BCUT2D eigenvalue weighted by atomic mass is 32.1. The lowest BCUT2D eigenvalue weighted by Gasteiger charge is -2.25. The number of likely N-dealkylation sites (N-methyl/N-ethyl adjacent to an activating group) is 1. The van der Waals surface area contributed by atoms with Crippen LogP contribution >= 0.6 is 11.3 Å². The van der Waals surface area contributed by atoms with Crippen LogP contribution in [0, 0.1) is 0 Å². The molecule has 0 aliphatic carbocycles. The normalized spacial score (nSPS) is 18.3. The van der Waals surface area contributed by atoms with Gasteiger partial charge in [0.15, 0.2) is 0 Å². The Morgan fingerprint density at radius 3 is 2.87 bits per heavy atom. The minimum atomic E-state index is 0.0178. The zero-order valence-corrected chi connectivity index (χ0v) is 14.6. The average molecular weight is 329 g/mol. The van der Waals surface area contributed by atoms with Gasteiger partial charge < -0.3 is 4.90 Å². The van der Waals surface area contributed by atoms with Crippen LogP contribution in [0.2, 0.25) is 0 Å². The van der Waals surface area contributed by atoms with Crippen LogP contribution in [0.25, 0.3) is 0 Å². The first-order valence-electron chi connectivity index (χ1n) is 8.06. The standard InChI is InChI=1S/C18H23N3OS/c1-20(2)18(22)16-9-6-10-21(16)12-15-13-23-17(19-15)11-14-7-4-3-5-8-14/h3-5,7-8,13,16H,6,9-12H2,1-2H3. The maximum atomic E-state index is 12.3. The number of hydrogen-bond acceptors (Lipinski definition) is 4. The summed E-state index contributed by atoms with van der Waals surface area (Å²) in [6.45, 7) is 1.76. The van der Waals surface area contributed by atoms with Crippen LogP contribution in [-0.2, 0) is 17.8 Å². The molecule has 23 heavy (non-hydrogen) atoms. The largest absolute Gasteiger partial charge is 0.347 e. The van der Waals surface area contributed by atoms with E-state index >= 15 is 0 Å². The van der Waals surface area contributed by atoms with Crippen LogP contribution in [0.5, 0.6) is 0 Å². The third-order valence-electron chi connectivity index (χ3n) is 4.25. The maximum absolute atomic E-state index is 12.3. The molecule has 1 atom stereocenters. The van der Waals surface area contributed by atoms with Gasteiger partial charge in [0, 0.05) is 32.4 Å². The molecular formula is C18H23N3OS. The minimum absolute atomic E-state index is 0.0178. The molecule has 0 N–H and O–H groups in total. The second-order valence-corrected chi connectivity index (χ2v) is 7.20. The van der Waals surface area contributed by atoms with Gasteiger partial charge in [0.05, 0.1) is 16.7 Å². The molecule has 0 radical (unpaired) electrons. The first-order valence-corrected chi connectivity index (χ1v) is 8.94. The van der Waals surface area contributed by atoms with Crippen molar-refractivity contribution >= 4 is 17.2 Å². The molecule has 1 aromatic carbocycles. The Kier molecular flexibility index (Phi) is 5.08. The molecule has 1 fully saturated rings. The van der Waals surface area contributed by atoms with Crippen molar-refractivity contribution in [2.45, 2.75) is 31.8 Å². The van der Waals surface area contributed by atoms with Crippen molar-refractivity contribution < 1.29 is 4.79 Å². The van der Waals surface area contributed by atoms with Crippen molar-refractivity contribution in [3.8, 4) is 0 Å². The molecule has 1 unspecified atom stereocenters. The molecule has 0 bridgehead atoms. The molecule has 122 valence electrons. The van der Waals surface area contributed by atoms with Crippen molar-refractivity contribution in [3.63, 3.8) is 0 Å². The first kappa shape index (κ1) is 16.1. The van der Waals surface area contributed by atoms with Crippen LogP contribution in [0.1, 0.15) is 29.1 Å². The number of carbonyl (C=O) groups excluding carboxylic acids is 1. The molecule has 1 aromatic heterocycles. The van der Waals surface area contributed by atoms with Gasteiger partial charge in [-0.3, -0.25) is 9.69 Å². The molecule has 4 nitrogen and oxygen atoms in total. The van der Waals surface area contributed by atoms with E-state index in [9.17, 15) is 4.79 Å². The van der Waals surface area contributed by atoms with Crippen molar-refractivity contribution in [1.29, 1.82) is 0 Å². The summed E-state index contributed by atoms with van der Waals surface area (Å²) in [6.07, 6.45) is 2.93. The predicted octanol–water partition coefficient (Wildman–Crippen LogP) is 2.79. The number of aromatic nitrogens is 1. The Bertz CT molecular complexity index is 653. The lowest BCUT2D eigenvalue weighted by atomic mass is 10.2. The molecule has 3 rings (SSSR count). The quantitative estimate of drug-likeness (QED) is 0.846. The van der Waals surface area contributed by atoms with E-state index < -0.39 is 0 Å². The smallest absolute Gasteiger partial charge is 0.239 e. The lowest BCUT2D eigenvalue weighted by molar-refractivity contribution is -0.133. The van der Waals surface area contributed by atoms with Crippen molar-refractivity contribution in [1.82, 2.24) is 14.8 Å². The van der Waals surface area contributed by atoms with Gasteiger partial charge in [0.1, 0.15) is 0 Å². The summed E-state index contributed by atoms with van der Waals surface area (Å²) >= 11 is 1.71. The number of thiazole rings is 1. The number of nitrogens with zero attached hydrogens (tertiary/aromatic N) is 3. The molecule has 2 aromatic rings. The van der Waals surface area contributed by atoms with E-state index in [0.717, 1.165) is 43.1 Å². The molecule has 1 aliphatic rings. The molecule has 0 spiro atoms. The minimum Gasteiger partial charge on any atom is -0.347 e. The summed E-state index contributed by atoms with van der Waals surface area (Å²) in [5.41, 5.74) is 2.37. The number of benzene rings is 1. The fourth-order valence-corrected chi connectivity index (χ4v) is 3.89. The SMILES string of the molecule is CN(C)C(=O)C1CCCN1Cc1csc(Cc2ccccc2)n1. The number of likely N-dealkylation sites (tertiary alicyclic amines) is 1. The molecule has 5 heteroatoms. The van der Waals surface area contributed by atoms with Gasteiger partial charge in [-0.2, -0.15) is 0 Å². The highest BCUT2D eigenvalue weighted by Crippen LogP contribution is 2.23. The van der Waals surface area contributed by atoms with Crippen LogP contribution in [0.15, 0.2) is 35.7 Å². The summed E-state index contributed by atoms with van der Waals surface area (Å²) in [5, 5.41) is 3.27. The maximum Gasteiger partial charge on any atom is 0.239 e. The van der Waals surface area contributed by atoms with Crippen molar-refractivity contribution in [3.05, 3.63) is 52.0 Å². The van der Waals surface area contributed by atoms with Crippen LogP contribution in [-0.4, -0.2) is 47.4 Å². The summed E-state index contributed by atoms with van der Waals surface area (Å²) in [7, 11) is 3.67. The molecule has 1 saturated heterocycles. The van der Waals surface area contributed by atoms with Crippen molar-refractivity contribution in [2.75, 3.05) is 20.6 Å². The Balaban J connectivity index is 1.63. The second kappa shape index (κ2) is 7.23. The van der Waals surface area contributed by atoms with Crippen molar-refractivity contribution in [2.24, 2.45) is 0 Å². The summed E-state index contributed by atoms with van der Waals surface area (Å²) in [6, 6.07) is 10.4. The van der Waals surface area contributed by atoms with E-state index in [2.05, 4.69) is 34.5 Å². The number of rotatable bonds is 5. The molecule has 2 heterocycles. The zero-order valence-electron chi connectivity index (χ0n) is 13.7. The van der Waals surface area contributed by atoms with Gasteiger partial charge in [0.25, 0.3) is 0 Å². The summed E-state index contributed by atoms with van der Waals surface area (Å²) in [5.74, 6) is 0.210. The van der Waals surface area contributed by atoms with Gasteiger partial charge in [-0.05, 0) is 24.9 Å². The van der Waals surface area contributed by atoms with E-state index in [1.165, 1.54) is 5.56 Å². The molecular weight excluding hydrogens is 306 g/mol. The van der Waals surface area contributed by atoms with E-state index in [1.807, 2.05) is 20.2 Å². The topological polar surface area (TPSA) is 36.4 Å². The highest BCUT2D eigenvalue weighted by Gasteiger charge is 2.31. The molecule has 1 amide bonds.